The Hall–Kier alpha value is 0.0700. The van der Waals surface area contributed by atoms with Gasteiger partial charge in [-0.2, -0.15) is 0 Å². The molecule has 0 heterocycles. The van der Waals surface area contributed by atoms with Crippen molar-refractivity contribution in [3.63, 3.8) is 0 Å². The van der Waals surface area contributed by atoms with Crippen LogP contribution in [0, 0.1) is 0 Å². The Kier molecular flexibility index (Phi) is 15.3. The first-order chi connectivity index (χ1) is 8.06. The largest absolute Gasteiger partial charge is 0.790 e. The molecule has 112 valence electrons. The zero-order valence-corrected chi connectivity index (χ0v) is 12.8. The van der Waals surface area contributed by atoms with Crippen LogP contribution in [0.3, 0.4) is 0 Å². The molecule has 5 nitrogen and oxygen atoms in total. The number of phosphoric ester groups is 1. The van der Waals surface area contributed by atoms with Crippen LogP contribution in [0.2, 0.25) is 0 Å². The van der Waals surface area contributed by atoms with Crippen LogP contribution in [0.4, 0.5) is 0 Å². The van der Waals surface area contributed by atoms with Crippen molar-refractivity contribution in [3.05, 3.63) is 0 Å². The van der Waals surface area contributed by atoms with Crippen molar-refractivity contribution in [2.45, 2.75) is 71.1 Å². The van der Waals surface area contributed by atoms with Gasteiger partial charge >= 0.3 is 0 Å². The number of rotatable bonds is 12. The molecule has 0 aliphatic carbocycles. The van der Waals surface area contributed by atoms with E-state index in [1.165, 1.54) is 44.9 Å². The summed E-state index contributed by atoms with van der Waals surface area (Å²) in [7, 11) is -4.74. The smallest absolute Gasteiger partial charge is 0.0596 e. The highest BCUT2D eigenvalue weighted by molar-refractivity contribution is 7.43. The summed E-state index contributed by atoms with van der Waals surface area (Å²) in [6.07, 6.45) is 11.7. The van der Waals surface area contributed by atoms with Crippen LogP contribution < -0.4 is 15.9 Å². The Morgan fingerprint density at radius 3 is 1.61 bits per heavy atom. The first kappa shape index (κ1) is 20.4. The summed E-state index contributed by atoms with van der Waals surface area (Å²) in [4.78, 5) is 20.3. The van der Waals surface area contributed by atoms with Crippen LogP contribution >= 0.6 is 7.82 Å². The molecule has 4 N–H and O–H groups in total. The predicted octanol–water partition coefficient (Wildman–Crippen LogP) is 3.13. The number of unbranched alkanes of at least 4 members (excludes halogenated alkanes) is 9. The highest BCUT2D eigenvalue weighted by atomic mass is 31.2. The predicted molar refractivity (Wildman–Crippen MR) is 71.4 cm³/mol. The fourth-order valence-electron chi connectivity index (χ4n) is 1.77. The van der Waals surface area contributed by atoms with Gasteiger partial charge < -0.3 is 25.0 Å². The molecule has 0 atom stereocenters. The van der Waals surface area contributed by atoms with Crippen LogP contribution in [-0.2, 0) is 9.09 Å². The molecule has 0 aromatic carbocycles. The van der Waals surface area contributed by atoms with Crippen molar-refractivity contribution < 1.29 is 18.9 Å². The van der Waals surface area contributed by atoms with E-state index in [0.717, 1.165) is 12.8 Å². The third-order valence-corrected chi connectivity index (χ3v) is 3.25. The van der Waals surface area contributed by atoms with Gasteiger partial charge in [0.25, 0.3) is 0 Å². The molecule has 0 saturated carbocycles. The van der Waals surface area contributed by atoms with Crippen LogP contribution in [-0.4, -0.2) is 6.61 Å². The zero-order chi connectivity index (χ0) is 13.0. The zero-order valence-electron chi connectivity index (χ0n) is 11.9. The minimum Gasteiger partial charge on any atom is -0.790 e. The summed E-state index contributed by atoms with van der Waals surface area (Å²) < 4.78 is 14.3. The second kappa shape index (κ2) is 13.5. The molecule has 0 bridgehead atoms. The van der Waals surface area contributed by atoms with E-state index in [4.69, 9.17) is 0 Å². The van der Waals surface area contributed by atoms with Gasteiger partial charge in [0.2, 0.25) is 0 Å². The van der Waals surface area contributed by atoms with Crippen LogP contribution in [0.5, 0.6) is 0 Å². The quantitative estimate of drug-likeness (QED) is 0.438. The summed E-state index contributed by atoms with van der Waals surface area (Å²) >= 11 is 0. The van der Waals surface area contributed by atoms with Gasteiger partial charge in [-0.05, 0) is 6.42 Å². The van der Waals surface area contributed by atoms with Gasteiger partial charge in [0.15, 0.2) is 0 Å². The van der Waals surface area contributed by atoms with E-state index in [0.29, 0.717) is 6.42 Å². The van der Waals surface area contributed by atoms with Crippen LogP contribution in [0.25, 0.3) is 0 Å². The van der Waals surface area contributed by atoms with E-state index < -0.39 is 7.82 Å². The molecular formula is C12H29NO4P-. The Labute approximate surface area is 111 Å². The maximum absolute atomic E-state index is 10.1. The van der Waals surface area contributed by atoms with Gasteiger partial charge in [-0.1, -0.05) is 64.7 Å². The highest BCUT2D eigenvalue weighted by Gasteiger charge is 1.94. The number of hydrogen-bond acceptors (Lipinski definition) is 4. The Morgan fingerprint density at radius 2 is 1.22 bits per heavy atom. The van der Waals surface area contributed by atoms with Crippen molar-refractivity contribution in [3.8, 4) is 0 Å². The minimum atomic E-state index is -4.74. The third kappa shape index (κ3) is 18.4. The van der Waals surface area contributed by atoms with Crippen LogP contribution in [0.15, 0.2) is 0 Å². The van der Waals surface area contributed by atoms with Gasteiger partial charge in [-0.15, -0.1) is 0 Å². The molecule has 0 fully saturated rings. The molecular weight excluding hydrogens is 253 g/mol. The van der Waals surface area contributed by atoms with E-state index in [9.17, 15) is 14.4 Å². The van der Waals surface area contributed by atoms with E-state index in [-0.39, 0.29) is 12.8 Å². The number of hydrogen-bond donors (Lipinski definition) is 1. The van der Waals surface area contributed by atoms with E-state index in [1.807, 2.05) is 0 Å². The van der Waals surface area contributed by atoms with Crippen molar-refractivity contribution in [2.24, 2.45) is 0 Å². The summed E-state index contributed by atoms with van der Waals surface area (Å²) in [5, 5.41) is 0. The lowest BCUT2D eigenvalue weighted by molar-refractivity contribution is -0.341. The lowest BCUT2D eigenvalue weighted by Gasteiger charge is -2.28. The maximum atomic E-state index is 10.1. The molecule has 0 saturated heterocycles. The summed E-state index contributed by atoms with van der Waals surface area (Å²) in [6.45, 7) is 2.26. The molecule has 0 aliphatic heterocycles. The molecule has 18 heavy (non-hydrogen) atoms. The van der Waals surface area contributed by atoms with Gasteiger partial charge in [-0.25, -0.2) is 0 Å². The molecule has 0 spiro atoms. The molecule has 0 rings (SSSR count). The fraction of sp³-hybridized carbons (Fsp3) is 1.00. The standard InChI is InChI=1S/C12H27O4P.H3N/c1-2-3-4-5-6-7-8-9-10-11-12-16-17(13,14)15;/h2-12H2,1H3,(H2,13,14,15);1H3/p-1. The lowest BCUT2D eigenvalue weighted by Crippen LogP contribution is -2.16. The van der Waals surface area contributed by atoms with Gasteiger partial charge in [0.05, 0.1) is 14.4 Å². The normalized spacial score (nSPS) is 11.3. The van der Waals surface area contributed by atoms with E-state index in [2.05, 4.69) is 11.4 Å². The molecule has 0 aromatic rings. The maximum Gasteiger partial charge on any atom is 0.0596 e. The molecule has 0 unspecified atom stereocenters. The Balaban J connectivity index is 0. The molecule has 0 aromatic heterocycles. The number of quaternary nitrogens is 1. The van der Waals surface area contributed by atoms with Crippen LogP contribution in [0.1, 0.15) is 71.1 Å². The van der Waals surface area contributed by atoms with Gasteiger partial charge in [0.1, 0.15) is 0 Å². The van der Waals surface area contributed by atoms with Crippen molar-refractivity contribution >= 4 is 7.82 Å². The van der Waals surface area contributed by atoms with E-state index >= 15 is 0 Å². The molecule has 6 heteroatoms. The fourth-order valence-corrected chi connectivity index (χ4v) is 2.12. The topological polar surface area (TPSA) is 109 Å². The number of phosphoric acid groups is 1. The van der Waals surface area contributed by atoms with Gasteiger partial charge in [-0.3, -0.25) is 0 Å². The Morgan fingerprint density at radius 1 is 0.833 bits per heavy atom. The average Bonchev–Trinajstić information content (AvgIpc) is 2.24. The second-order valence-corrected chi connectivity index (χ2v) is 5.62. The molecule has 0 amide bonds. The highest BCUT2D eigenvalue weighted by Crippen LogP contribution is 2.24. The minimum absolute atomic E-state index is 0. The van der Waals surface area contributed by atoms with Crippen molar-refractivity contribution in [1.29, 1.82) is 0 Å². The monoisotopic (exact) mass is 282 g/mol. The second-order valence-electron chi connectivity index (χ2n) is 4.46. The van der Waals surface area contributed by atoms with Gasteiger partial charge in [0, 0.05) is 0 Å². The lowest BCUT2D eigenvalue weighted by atomic mass is 10.1. The summed E-state index contributed by atoms with van der Waals surface area (Å²) in [6, 6.07) is 0. The molecule has 0 radical (unpaired) electrons. The SMILES string of the molecule is CCCCCCCCCCCCOP(=O)([O-])[O-].[NH4+]. The van der Waals surface area contributed by atoms with Crippen molar-refractivity contribution in [1.82, 2.24) is 6.15 Å². The molecule has 0 aliphatic rings. The van der Waals surface area contributed by atoms with E-state index in [1.54, 1.807) is 0 Å². The first-order valence-electron chi connectivity index (χ1n) is 6.73. The summed E-state index contributed by atoms with van der Waals surface area (Å²) in [5.74, 6) is 0. The third-order valence-electron chi connectivity index (χ3n) is 2.75. The van der Waals surface area contributed by atoms with Crippen molar-refractivity contribution in [2.75, 3.05) is 6.61 Å². The average molecular weight is 282 g/mol. The summed E-state index contributed by atoms with van der Waals surface area (Å²) in [5.41, 5.74) is 0. The Bertz CT molecular complexity index is 208. The first-order valence-corrected chi connectivity index (χ1v) is 8.19.